The van der Waals surface area contributed by atoms with Crippen molar-refractivity contribution in [3.63, 3.8) is 0 Å². The van der Waals surface area contributed by atoms with Gasteiger partial charge < -0.3 is 0 Å². The highest BCUT2D eigenvalue weighted by molar-refractivity contribution is 8.00. The van der Waals surface area contributed by atoms with Crippen molar-refractivity contribution >= 4 is 17.5 Å². The zero-order valence-electron chi connectivity index (χ0n) is 11.2. The van der Waals surface area contributed by atoms with Crippen LogP contribution in [0.1, 0.15) is 35.7 Å². The number of thioether (sulfide) groups is 1. The van der Waals surface area contributed by atoms with Crippen molar-refractivity contribution in [1.82, 2.24) is 4.98 Å². The monoisotopic (exact) mass is 271 g/mol. The van der Waals surface area contributed by atoms with Gasteiger partial charge in [-0.2, -0.15) is 0 Å². The molecule has 0 bridgehead atoms. The number of rotatable bonds is 5. The molecule has 1 heterocycles. The minimum atomic E-state index is 0.164. The van der Waals surface area contributed by atoms with Crippen LogP contribution in [0.25, 0.3) is 0 Å². The van der Waals surface area contributed by atoms with E-state index in [-0.39, 0.29) is 5.78 Å². The molecule has 0 atom stereocenters. The molecule has 2 aromatic rings. The van der Waals surface area contributed by atoms with Gasteiger partial charge in [0.05, 0.1) is 5.75 Å². The average molecular weight is 271 g/mol. The number of benzene rings is 1. The lowest BCUT2D eigenvalue weighted by molar-refractivity contribution is 0.102. The number of nitrogens with zero attached hydrogens (tertiary/aromatic N) is 1. The molecule has 0 radical (unpaired) electrons. The molecule has 2 nitrogen and oxygen atoms in total. The maximum absolute atomic E-state index is 12.1. The fraction of sp³-hybridized carbons (Fsp3) is 0.250. The largest absolute Gasteiger partial charge is 0.293 e. The van der Waals surface area contributed by atoms with Crippen molar-refractivity contribution in [1.29, 1.82) is 0 Å². The number of carbonyl (C=O) groups excluding carboxylic acids is 1. The molecule has 0 aliphatic heterocycles. The SMILES string of the molecule is CC(C)c1ccc(C(=O)CSc2ccncc2)cc1. The predicted molar refractivity (Wildman–Crippen MR) is 79.8 cm³/mol. The van der Waals surface area contributed by atoms with E-state index in [2.05, 4.69) is 18.8 Å². The lowest BCUT2D eigenvalue weighted by Gasteiger charge is -2.06. The Morgan fingerprint density at radius 2 is 1.74 bits per heavy atom. The van der Waals surface area contributed by atoms with Crippen LogP contribution in [0.3, 0.4) is 0 Å². The Kier molecular flexibility index (Phi) is 4.74. The Bertz CT molecular complexity index is 534. The second kappa shape index (κ2) is 6.53. The van der Waals surface area contributed by atoms with E-state index in [4.69, 9.17) is 0 Å². The standard InChI is InChI=1S/C16H17NOS/c1-12(2)13-3-5-14(6-4-13)16(18)11-19-15-7-9-17-10-8-15/h3-10,12H,11H2,1-2H3. The number of hydrogen-bond donors (Lipinski definition) is 0. The average Bonchev–Trinajstić information content (AvgIpc) is 2.46. The van der Waals surface area contributed by atoms with Crippen LogP contribution >= 0.6 is 11.8 Å². The third-order valence-electron chi connectivity index (χ3n) is 2.92. The topological polar surface area (TPSA) is 30.0 Å². The Morgan fingerprint density at radius 3 is 2.32 bits per heavy atom. The first-order valence-corrected chi connectivity index (χ1v) is 7.31. The molecular formula is C16H17NOS. The minimum Gasteiger partial charge on any atom is -0.293 e. The van der Waals surface area contributed by atoms with Gasteiger partial charge in [-0.05, 0) is 23.6 Å². The number of carbonyl (C=O) groups is 1. The zero-order valence-corrected chi connectivity index (χ0v) is 12.0. The van der Waals surface area contributed by atoms with Crippen LogP contribution in [0.15, 0.2) is 53.7 Å². The van der Waals surface area contributed by atoms with E-state index in [1.54, 1.807) is 24.2 Å². The fourth-order valence-corrected chi connectivity index (χ4v) is 2.50. The smallest absolute Gasteiger partial charge is 0.173 e. The number of aromatic nitrogens is 1. The lowest BCUT2D eigenvalue weighted by atomic mass is 10.0. The quantitative estimate of drug-likeness (QED) is 0.603. The first-order valence-electron chi connectivity index (χ1n) is 6.33. The molecule has 0 N–H and O–H groups in total. The Hall–Kier alpha value is -1.61. The number of pyridine rings is 1. The summed E-state index contributed by atoms with van der Waals surface area (Å²) in [7, 11) is 0. The molecule has 0 saturated carbocycles. The van der Waals surface area contributed by atoms with E-state index in [0.717, 1.165) is 10.5 Å². The van der Waals surface area contributed by atoms with Gasteiger partial charge >= 0.3 is 0 Å². The minimum absolute atomic E-state index is 0.164. The van der Waals surface area contributed by atoms with Crippen LogP contribution in [-0.4, -0.2) is 16.5 Å². The molecule has 2 rings (SSSR count). The fourth-order valence-electron chi connectivity index (χ4n) is 1.72. The van der Waals surface area contributed by atoms with Crippen LogP contribution in [0.2, 0.25) is 0 Å². The van der Waals surface area contributed by atoms with Crippen molar-refractivity contribution in [2.75, 3.05) is 5.75 Å². The summed E-state index contributed by atoms with van der Waals surface area (Å²) < 4.78 is 0. The van der Waals surface area contributed by atoms with Gasteiger partial charge in [0, 0.05) is 22.9 Å². The third kappa shape index (κ3) is 3.93. The van der Waals surface area contributed by atoms with Gasteiger partial charge in [-0.3, -0.25) is 9.78 Å². The summed E-state index contributed by atoms with van der Waals surface area (Å²) in [6.07, 6.45) is 3.48. The van der Waals surface area contributed by atoms with Crippen molar-refractivity contribution in [2.24, 2.45) is 0 Å². The summed E-state index contributed by atoms with van der Waals surface area (Å²) in [6, 6.07) is 11.7. The molecule has 0 aliphatic carbocycles. The van der Waals surface area contributed by atoms with E-state index in [1.807, 2.05) is 36.4 Å². The second-order valence-electron chi connectivity index (χ2n) is 4.67. The molecule has 1 aromatic heterocycles. The molecule has 0 saturated heterocycles. The first-order chi connectivity index (χ1) is 9.16. The molecule has 0 unspecified atom stereocenters. The van der Waals surface area contributed by atoms with Crippen molar-refractivity contribution in [2.45, 2.75) is 24.7 Å². The molecule has 3 heteroatoms. The molecule has 98 valence electrons. The van der Waals surface area contributed by atoms with Crippen LogP contribution < -0.4 is 0 Å². The Labute approximate surface area is 118 Å². The molecule has 0 fully saturated rings. The summed E-state index contributed by atoms with van der Waals surface area (Å²) in [6.45, 7) is 4.30. The summed E-state index contributed by atoms with van der Waals surface area (Å²) in [4.78, 5) is 17.1. The highest BCUT2D eigenvalue weighted by atomic mass is 32.2. The van der Waals surface area contributed by atoms with Gasteiger partial charge in [-0.25, -0.2) is 0 Å². The Morgan fingerprint density at radius 1 is 1.11 bits per heavy atom. The van der Waals surface area contributed by atoms with Crippen LogP contribution in [0.4, 0.5) is 0 Å². The second-order valence-corrected chi connectivity index (χ2v) is 5.72. The molecule has 1 aromatic carbocycles. The summed E-state index contributed by atoms with van der Waals surface area (Å²) in [5, 5.41) is 0. The van der Waals surface area contributed by atoms with Gasteiger partial charge in [0.15, 0.2) is 5.78 Å². The van der Waals surface area contributed by atoms with Crippen LogP contribution in [0.5, 0.6) is 0 Å². The predicted octanol–water partition coefficient (Wildman–Crippen LogP) is 4.18. The van der Waals surface area contributed by atoms with E-state index in [0.29, 0.717) is 11.7 Å². The molecular weight excluding hydrogens is 254 g/mol. The Balaban J connectivity index is 1.96. The maximum Gasteiger partial charge on any atom is 0.173 e. The van der Waals surface area contributed by atoms with Crippen molar-refractivity contribution in [3.05, 3.63) is 59.9 Å². The normalized spacial score (nSPS) is 10.7. The van der Waals surface area contributed by atoms with Crippen LogP contribution in [-0.2, 0) is 0 Å². The summed E-state index contributed by atoms with van der Waals surface area (Å²) in [5.41, 5.74) is 2.05. The van der Waals surface area contributed by atoms with E-state index < -0.39 is 0 Å². The number of ketones is 1. The highest BCUT2D eigenvalue weighted by Gasteiger charge is 2.07. The number of hydrogen-bond acceptors (Lipinski definition) is 3. The van der Waals surface area contributed by atoms with Crippen molar-refractivity contribution in [3.8, 4) is 0 Å². The van der Waals surface area contributed by atoms with Crippen molar-refractivity contribution < 1.29 is 4.79 Å². The van der Waals surface area contributed by atoms with Gasteiger partial charge in [-0.15, -0.1) is 11.8 Å². The van der Waals surface area contributed by atoms with Gasteiger partial charge in [0.1, 0.15) is 0 Å². The zero-order chi connectivity index (χ0) is 13.7. The van der Waals surface area contributed by atoms with E-state index in [1.165, 1.54) is 5.56 Å². The molecule has 0 aliphatic rings. The number of Topliss-reactive ketones (excluding diaryl/α,β-unsaturated/α-hetero) is 1. The highest BCUT2D eigenvalue weighted by Crippen LogP contribution is 2.19. The van der Waals surface area contributed by atoms with Gasteiger partial charge in [0.25, 0.3) is 0 Å². The van der Waals surface area contributed by atoms with E-state index >= 15 is 0 Å². The van der Waals surface area contributed by atoms with Crippen LogP contribution in [0, 0.1) is 0 Å². The van der Waals surface area contributed by atoms with Gasteiger partial charge in [0.2, 0.25) is 0 Å². The molecule has 0 amide bonds. The first kappa shape index (κ1) is 13.8. The van der Waals surface area contributed by atoms with E-state index in [9.17, 15) is 4.79 Å². The maximum atomic E-state index is 12.1. The summed E-state index contributed by atoms with van der Waals surface area (Å²) in [5.74, 6) is 1.12. The molecule has 0 spiro atoms. The third-order valence-corrected chi connectivity index (χ3v) is 3.93. The lowest BCUT2D eigenvalue weighted by Crippen LogP contribution is -2.02. The van der Waals surface area contributed by atoms with Gasteiger partial charge in [-0.1, -0.05) is 38.1 Å². The molecule has 19 heavy (non-hydrogen) atoms. The summed E-state index contributed by atoms with van der Waals surface area (Å²) >= 11 is 1.54.